The van der Waals surface area contributed by atoms with Crippen LogP contribution in [0.3, 0.4) is 0 Å². The molecule has 0 aliphatic carbocycles. The van der Waals surface area contributed by atoms with E-state index in [0.717, 1.165) is 17.9 Å². The zero-order chi connectivity index (χ0) is 27.0. The molecule has 0 saturated heterocycles. The maximum atomic E-state index is 6.09. The second-order valence-electron chi connectivity index (χ2n) is 12.1. The molecular formula is C31H52O3Si. The lowest BCUT2D eigenvalue weighted by Gasteiger charge is -2.28. The Hall–Kier alpha value is -1.78. The average molecular weight is 501 g/mol. The summed E-state index contributed by atoms with van der Waals surface area (Å²) >= 11 is 0. The van der Waals surface area contributed by atoms with Crippen molar-refractivity contribution < 1.29 is 13.9 Å². The van der Waals surface area contributed by atoms with Gasteiger partial charge >= 0.3 is 0 Å². The van der Waals surface area contributed by atoms with Crippen LogP contribution in [0.15, 0.2) is 42.5 Å². The van der Waals surface area contributed by atoms with E-state index in [2.05, 4.69) is 119 Å². The first-order chi connectivity index (χ1) is 16.0. The first-order valence-corrected chi connectivity index (χ1v) is 16.1. The molecule has 0 spiro atoms. The lowest BCUT2D eigenvalue weighted by molar-refractivity contribution is 0.0956. The highest BCUT2D eigenvalue weighted by Crippen LogP contribution is 2.36. The molecule has 2 aromatic carbocycles. The summed E-state index contributed by atoms with van der Waals surface area (Å²) in [5.74, 6) is 2.84. The van der Waals surface area contributed by atoms with Crippen LogP contribution in [0, 0.1) is 0 Å². The molecular weight excluding hydrogens is 448 g/mol. The quantitative estimate of drug-likeness (QED) is 0.339. The molecule has 0 heterocycles. The topological polar surface area (TPSA) is 27.7 Å². The van der Waals surface area contributed by atoms with E-state index in [-0.39, 0.29) is 11.2 Å². The van der Waals surface area contributed by atoms with Gasteiger partial charge in [-0.05, 0) is 108 Å². The minimum atomic E-state index is -1.62. The van der Waals surface area contributed by atoms with Crippen molar-refractivity contribution in [2.75, 3.05) is 7.11 Å². The molecule has 0 fully saturated rings. The second kappa shape index (κ2) is 13.0. The van der Waals surface area contributed by atoms with Crippen molar-refractivity contribution >= 4 is 13.5 Å². The molecule has 198 valence electrons. The van der Waals surface area contributed by atoms with E-state index < -0.39 is 8.32 Å². The summed E-state index contributed by atoms with van der Waals surface area (Å²) in [6, 6.07) is 15.3. The Morgan fingerprint density at radius 3 is 1.54 bits per heavy atom. The third kappa shape index (κ3) is 10.8. The van der Waals surface area contributed by atoms with Crippen LogP contribution in [0.25, 0.3) is 0 Å². The van der Waals surface area contributed by atoms with Crippen molar-refractivity contribution in [3.05, 3.63) is 53.6 Å². The van der Waals surface area contributed by atoms with Gasteiger partial charge in [0.25, 0.3) is 0 Å². The highest BCUT2D eigenvalue weighted by atomic mass is 28.4. The minimum absolute atomic E-state index is 0.228. The van der Waals surface area contributed by atoms with Crippen LogP contribution >= 0.6 is 0 Å². The van der Waals surface area contributed by atoms with Crippen molar-refractivity contribution in [3.8, 4) is 11.5 Å². The SMILES string of the molecule is CCC(C)c1ccc(OC(C)(C)C)c(OC(C)(C)C)c1.CCC(C)c1ccc([Si](C)(C)OC)cc1. The van der Waals surface area contributed by atoms with E-state index in [1.54, 1.807) is 0 Å². The zero-order valence-corrected chi connectivity index (χ0v) is 25.8. The molecule has 2 atom stereocenters. The maximum Gasteiger partial charge on any atom is 0.217 e. The number of rotatable bonds is 8. The molecule has 0 aliphatic heterocycles. The standard InChI is InChI=1S/C18H30O2.C13H22OSi/c1-9-13(2)14-10-11-15(19-17(3,4)5)16(12-14)20-18(6,7)8;1-6-11(2)12-7-9-13(10-8-12)15(4,5)14-3/h10-13H,9H2,1-8H3;7-11H,6H2,1-5H3. The molecule has 0 aromatic heterocycles. The van der Waals surface area contributed by atoms with Crippen molar-refractivity contribution in [2.24, 2.45) is 0 Å². The second-order valence-corrected chi connectivity index (χ2v) is 16.1. The van der Waals surface area contributed by atoms with Gasteiger partial charge in [0.15, 0.2) is 11.5 Å². The summed E-state index contributed by atoms with van der Waals surface area (Å²) in [5.41, 5.74) is 2.27. The van der Waals surface area contributed by atoms with Crippen molar-refractivity contribution in [1.29, 1.82) is 0 Å². The van der Waals surface area contributed by atoms with Crippen molar-refractivity contribution in [2.45, 2.75) is 118 Å². The smallest absolute Gasteiger partial charge is 0.217 e. The third-order valence-corrected chi connectivity index (χ3v) is 9.02. The Balaban J connectivity index is 0.000000365. The molecule has 2 aromatic rings. The number of benzene rings is 2. The first-order valence-electron chi connectivity index (χ1n) is 13.2. The van der Waals surface area contributed by atoms with Crippen LogP contribution in [0.4, 0.5) is 0 Å². The Labute approximate surface area is 217 Å². The summed E-state index contributed by atoms with van der Waals surface area (Å²) in [6.07, 6.45) is 2.32. The predicted molar refractivity (Wildman–Crippen MR) is 155 cm³/mol. The van der Waals surface area contributed by atoms with Gasteiger partial charge in [-0.1, -0.05) is 58.0 Å². The summed E-state index contributed by atoms with van der Waals surface area (Å²) in [6.45, 7) is 25.7. The third-order valence-electron chi connectivity index (χ3n) is 6.28. The van der Waals surface area contributed by atoms with Gasteiger partial charge in [-0.3, -0.25) is 0 Å². The van der Waals surface area contributed by atoms with Gasteiger partial charge < -0.3 is 13.9 Å². The monoisotopic (exact) mass is 500 g/mol. The summed E-state index contributed by atoms with van der Waals surface area (Å²) in [5, 5.41) is 1.37. The average Bonchev–Trinajstić information content (AvgIpc) is 2.77. The molecule has 0 amide bonds. The van der Waals surface area contributed by atoms with Crippen LogP contribution in [0.5, 0.6) is 11.5 Å². The fourth-order valence-corrected chi connectivity index (χ4v) is 4.66. The Morgan fingerprint density at radius 1 is 0.686 bits per heavy atom. The van der Waals surface area contributed by atoms with Gasteiger partial charge in [0.05, 0.1) is 0 Å². The van der Waals surface area contributed by atoms with Crippen LogP contribution < -0.4 is 14.7 Å². The van der Waals surface area contributed by atoms with Gasteiger partial charge in [-0.15, -0.1) is 0 Å². The Bertz CT molecular complexity index is 889. The zero-order valence-electron chi connectivity index (χ0n) is 24.8. The van der Waals surface area contributed by atoms with Gasteiger partial charge in [-0.25, -0.2) is 0 Å². The van der Waals surface area contributed by atoms with E-state index in [1.807, 2.05) is 13.2 Å². The lowest BCUT2D eigenvalue weighted by Crippen LogP contribution is -2.43. The number of hydrogen-bond acceptors (Lipinski definition) is 3. The van der Waals surface area contributed by atoms with Crippen molar-refractivity contribution in [3.63, 3.8) is 0 Å². The first kappa shape index (κ1) is 31.2. The molecule has 0 bridgehead atoms. The number of ether oxygens (including phenoxy) is 2. The van der Waals surface area contributed by atoms with E-state index >= 15 is 0 Å². The molecule has 0 saturated carbocycles. The summed E-state index contributed by atoms with van der Waals surface area (Å²) in [4.78, 5) is 0. The van der Waals surface area contributed by atoms with Crippen LogP contribution in [0.1, 0.15) is 105 Å². The molecule has 0 radical (unpaired) electrons. The minimum Gasteiger partial charge on any atom is -0.484 e. The van der Waals surface area contributed by atoms with E-state index in [1.165, 1.54) is 22.7 Å². The lowest BCUT2D eigenvalue weighted by atomic mass is 9.98. The molecule has 35 heavy (non-hydrogen) atoms. The normalized spacial score (nSPS) is 14.0. The number of hydrogen-bond donors (Lipinski definition) is 0. The van der Waals surface area contributed by atoms with Crippen molar-refractivity contribution in [1.82, 2.24) is 0 Å². The molecule has 3 nitrogen and oxygen atoms in total. The fourth-order valence-electron chi connectivity index (χ4n) is 3.46. The molecule has 2 unspecified atom stereocenters. The van der Waals surface area contributed by atoms with Gasteiger partial charge in [0, 0.05) is 7.11 Å². The van der Waals surface area contributed by atoms with E-state index in [9.17, 15) is 0 Å². The highest BCUT2D eigenvalue weighted by Gasteiger charge is 2.23. The molecule has 4 heteroatoms. The Kier molecular flexibility index (Phi) is 11.6. The summed E-state index contributed by atoms with van der Waals surface area (Å²) in [7, 11) is 0.193. The van der Waals surface area contributed by atoms with E-state index in [0.29, 0.717) is 11.8 Å². The highest BCUT2D eigenvalue weighted by molar-refractivity contribution is 6.84. The van der Waals surface area contributed by atoms with E-state index in [4.69, 9.17) is 13.9 Å². The predicted octanol–water partition coefficient (Wildman–Crippen LogP) is 8.81. The van der Waals surface area contributed by atoms with Gasteiger partial charge in [-0.2, -0.15) is 0 Å². The molecule has 2 rings (SSSR count). The maximum absolute atomic E-state index is 6.09. The van der Waals surface area contributed by atoms with Crippen LogP contribution in [0.2, 0.25) is 13.1 Å². The Morgan fingerprint density at radius 2 is 1.11 bits per heavy atom. The van der Waals surface area contributed by atoms with Gasteiger partial charge in [0.1, 0.15) is 11.2 Å². The van der Waals surface area contributed by atoms with Gasteiger partial charge in [0.2, 0.25) is 8.32 Å². The van der Waals surface area contributed by atoms with Crippen LogP contribution in [-0.2, 0) is 4.43 Å². The molecule has 0 aliphatic rings. The van der Waals surface area contributed by atoms with Crippen LogP contribution in [-0.4, -0.2) is 26.6 Å². The largest absolute Gasteiger partial charge is 0.484 e. The molecule has 0 N–H and O–H groups in total. The summed E-state index contributed by atoms with van der Waals surface area (Å²) < 4.78 is 17.7. The fraction of sp³-hybridized carbons (Fsp3) is 0.613.